The smallest absolute Gasteiger partial charge is 0.174 e. The van der Waals surface area contributed by atoms with Gasteiger partial charge in [0.05, 0.1) is 0 Å². The second-order valence-corrected chi connectivity index (χ2v) is 6.07. The van der Waals surface area contributed by atoms with Crippen LogP contribution in [0.25, 0.3) is 0 Å². The molecule has 2 rings (SSSR count). The van der Waals surface area contributed by atoms with Crippen LogP contribution in [0.2, 0.25) is 0 Å². The minimum Gasteiger partial charge on any atom is -0.479 e. The fraction of sp³-hybridized carbons (Fsp3) is 0.562. The number of ether oxygens (including phenoxy) is 1. The number of nitrogens with one attached hydrogen (secondary N) is 1. The van der Waals surface area contributed by atoms with E-state index in [0.717, 1.165) is 11.4 Å². The first kappa shape index (κ1) is 13.7. The number of benzene rings is 1. The van der Waals surface area contributed by atoms with Crippen LogP contribution in [-0.2, 0) is 0 Å². The van der Waals surface area contributed by atoms with E-state index < -0.39 is 0 Å². The van der Waals surface area contributed by atoms with Gasteiger partial charge in [0.25, 0.3) is 0 Å². The van der Waals surface area contributed by atoms with Crippen LogP contribution in [0.1, 0.15) is 39.5 Å². The van der Waals surface area contributed by atoms with E-state index in [-0.39, 0.29) is 6.61 Å². The Hall–Kier alpha value is -1.69. The summed E-state index contributed by atoms with van der Waals surface area (Å²) < 4.78 is 5.24. The van der Waals surface area contributed by atoms with Crippen molar-refractivity contribution in [3.8, 4) is 11.8 Å². The van der Waals surface area contributed by atoms with Crippen molar-refractivity contribution in [1.29, 1.82) is 5.26 Å². The van der Waals surface area contributed by atoms with Crippen LogP contribution in [0.3, 0.4) is 0 Å². The lowest BCUT2D eigenvalue weighted by molar-refractivity contribution is 0.229. The number of rotatable bonds is 4. The summed E-state index contributed by atoms with van der Waals surface area (Å²) in [6.45, 7) is 4.79. The zero-order valence-electron chi connectivity index (χ0n) is 11.8. The first-order chi connectivity index (χ1) is 9.09. The molecule has 0 aromatic heterocycles. The minimum atomic E-state index is 0.101. The molecule has 0 saturated heterocycles. The lowest BCUT2D eigenvalue weighted by atomic mass is 9.75. The van der Waals surface area contributed by atoms with Gasteiger partial charge in [-0.3, -0.25) is 0 Å². The topological polar surface area (TPSA) is 45.0 Å². The molecule has 19 heavy (non-hydrogen) atoms. The van der Waals surface area contributed by atoms with E-state index >= 15 is 0 Å². The van der Waals surface area contributed by atoms with Crippen LogP contribution in [0.4, 0.5) is 5.69 Å². The molecule has 1 aliphatic carbocycles. The summed E-state index contributed by atoms with van der Waals surface area (Å²) in [4.78, 5) is 0. The molecule has 1 N–H and O–H groups in total. The summed E-state index contributed by atoms with van der Waals surface area (Å²) in [5, 5.41) is 12.1. The Morgan fingerprint density at radius 3 is 2.74 bits per heavy atom. The van der Waals surface area contributed by atoms with Gasteiger partial charge in [-0.2, -0.15) is 5.26 Å². The molecule has 3 nitrogen and oxygen atoms in total. The lowest BCUT2D eigenvalue weighted by Gasteiger charge is -2.36. The van der Waals surface area contributed by atoms with Gasteiger partial charge >= 0.3 is 0 Å². The second kappa shape index (κ2) is 5.97. The first-order valence-corrected chi connectivity index (χ1v) is 6.95. The Kier molecular flexibility index (Phi) is 4.31. The van der Waals surface area contributed by atoms with Crippen molar-refractivity contribution in [3.05, 3.63) is 24.3 Å². The maximum Gasteiger partial charge on any atom is 0.174 e. The van der Waals surface area contributed by atoms with E-state index in [1.165, 1.54) is 25.7 Å². The highest BCUT2D eigenvalue weighted by Gasteiger charge is 2.27. The third-order valence-electron chi connectivity index (χ3n) is 3.73. The van der Waals surface area contributed by atoms with Crippen molar-refractivity contribution in [2.24, 2.45) is 5.41 Å². The molecule has 102 valence electrons. The van der Waals surface area contributed by atoms with Crippen molar-refractivity contribution in [2.75, 3.05) is 11.9 Å². The van der Waals surface area contributed by atoms with Crippen LogP contribution in [-0.4, -0.2) is 12.6 Å². The molecule has 3 heteroatoms. The van der Waals surface area contributed by atoms with Crippen molar-refractivity contribution in [2.45, 2.75) is 45.6 Å². The quantitative estimate of drug-likeness (QED) is 0.888. The van der Waals surface area contributed by atoms with Gasteiger partial charge in [0.1, 0.15) is 11.8 Å². The van der Waals surface area contributed by atoms with Gasteiger partial charge in [-0.1, -0.05) is 20.3 Å². The largest absolute Gasteiger partial charge is 0.479 e. The molecule has 0 aliphatic heterocycles. The maximum absolute atomic E-state index is 8.46. The first-order valence-electron chi connectivity index (χ1n) is 6.95. The van der Waals surface area contributed by atoms with Crippen LogP contribution in [0, 0.1) is 16.7 Å². The zero-order valence-corrected chi connectivity index (χ0v) is 11.8. The summed E-state index contributed by atoms with van der Waals surface area (Å²) in [5.41, 5.74) is 1.58. The molecule has 0 amide bonds. The Morgan fingerprint density at radius 1 is 1.37 bits per heavy atom. The number of hydrogen-bond acceptors (Lipinski definition) is 3. The summed E-state index contributed by atoms with van der Waals surface area (Å²) in [7, 11) is 0. The van der Waals surface area contributed by atoms with Crippen molar-refractivity contribution < 1.29 is 4.74 Å². The molecule has 0 bridgehead atoms. The summed E-state index contributed by atoms with van der Waals surface area (Å²) in [6, 6.07) is 10.4. The Labute approximate surface area is 115 Å². The van der Waals surface area contributed by atoms with E-state index in [0.29, 0.717) is 11.5 Å². The maximum atomic E-state index is 8.46. The van der Waals surface area contributed by atoms with Crippen LogP contribution in [0.15, 0.2) is 24.3 Å². The van der Waals surface area contributed by atoms with Gasteiger partial charge in [0.2, 0.25) is 0 Å². The second-order valence-electron chi connectivity index (χ2n) is 6.07. The van der Waals surface area contributed by atoms with Crippen molar-refractivity contribution in [1.82, 2.24) is 0 Å². The third-order valence-corrected chi connectivity index (χ3v) is 3.73. The predicted molar refractivity (Wildman–Crippen MR) is 77.2 cm³/mol. The molecule has 1 fully saturated rings. The van der Waals surface area contributed by atoms with Gasteiger partial charge in [0.15, 0.2) is 6.61 Å². The predicted octanol–water partition coefficient (Wildman–Crippen LogP) is 3.97. The van der Waals surface area contributed by atoms with Gasteiger partial charge in [-0.05, 0) is 48.9 Å². The molecule has 1 atom stereocenters. The highest BCUT2D eigenvalue weighted by atomic mass is 16.5. The highest BCUT2D eigenvalue weighted by molar-refractivity contribution is 5.47. The summed E-state index contributed by atoms with van der Waals surface area (Å²) in [6.07, 6.45) is 5.09. The molecule has 1 unspecified atom stereocenters. The van der Waals surface area contributed by atoms with E-state index in [2.05, 4.69) is 19.2 Å². The van der Waals surface area contributed by atoms with Gasteiger partial charge in [-0.15, -0.1) is 0 Å². The van der Waals surface area contributed by atoms with Gasteiger partial charge in [0, 0.05) is 11.7 Å². The number of nitriles is 1. The Balaban J connectivity index is 1.90. The fourth-order valence-corrected chi connectivity index (χ4v) is 2.82. The number of nitrogens with zero attached hydrogens (tertiary/aromatic N) is 1. The van der Waals surface area contributed by atoms with E-state index in [9.17, 15) is 0 Å². The van der Waals surface area contributed by atoms with Crippen molar-refractivity contribution in [3.63, 3.8) is 0 Å². The molecule has 1 aromatic carbocycles. The Bertz CT molecular complexity index is 445. The average molecular weight is 258 g/mol. The number of anilines is 1. The third kappa shape index (κ3) is 4.17. The lowest BCUT2D eigenvalue weighted by Crippen LogP contribution is -2.31. The van der Waals surface area contributed by atoms with Crippen LogP contribution in [0.5, 0.6) is 5.75 Å². The van der Waals surface area contributed by atoms with E-state index in [1.54, 1.807) is 0 Å². The van der Waals surface area contributed by atoms with Crippen LogP contribution < -0.4 is 10.1 Å². The van der Waals surface area contributed by atoms with E-state index in [1.807, 2.05) is 30.3 Å². The number of hydrogen-bond donors (Lipinski definition) is 1. The molecule has 1 saturated carbocycles. The SMILES string of the molecule is CC1(C)CCCC(Nc2ccc(OCC#N)cc2)C1. The van der Waals surface area contributed by atoms with E-state index in [4.69, 9.17) is 10.00 Å². The normalized spacial score (nSPS) is 21.4. The zero-order chi connectivity index (χ0) is 13.7. The molecule has 0 radical (unpaired) electrons. The molecule has 1 aromatic rings. The summed E-state index contributed by atoms with van der Waals surface area (Å²) in [5.74, 6) is 0.746. The Morgan fingerprint density at radius 2 is 2.11 bits per heavy atom. The van der Waals surface area contributed by atoms with Crippen molar-refractivity contribution >= 4 is 5.69 Å². The molecular formula is C16H22N2O. The molecule has 0 spiro atoms. The van der Waals surface area contributed by atoms with Gasteiger partial charge < -0.3 is 10.1 Å². The molecular weight excluding hydrogens is 236 g/mol. The fourth-order valence-electron chi connectivity index (χ4n) is 2.82. The van der Waals surface area contributed by atoms with Gasteiger partial charge in [-0.25, -0.2) is 0 Å². The molecule has 0 heterocycles. The standard InChI is InChI=1S/C16H22N2O/c1-16(2)9-3-4-14(12-16)18-13-5-7-15(8-6-13)19-11-10-17/h5-8,14,18H,3-4,9,11-12H2,1-2H3. The minimum absolute atomic E-state index is 0.101. The average Bonchev–Trinajstić information content (AvgIpc) is 2.37. The summed E-state index contributed by atoms with van der Waals surface area (Å²) >= 11 is 0. The highest BCUT2D eigenvalue weighted by Crippen LogP contribution is 2.36. The molecule has 1 aliphatic rings. The monoisotopic (exact) mass is 258 g/mol. The van der Waals surface area contributed by atoms with Crippen LogP contribution >= 0.6 is 0 Å².